The minimum atomic E-state index is -0.328. The first-order valence-electron chi connectivity index (χ1n) is 13.5. The fourth-order valence-corrected chi connectivity index (χ4v) is 4.71. The lowest BCUT2D eigenvalue weighted by Gasteiger charge is -2.12. The number of fused-ring (bicyclic) bond motifs is 1. The Balaban J connectivity index is 1.16. The van der Waals surface area contributed by atoms with Crippen LogP contribution in [0.15, 0.2) is 114 Å². The quantitative estimate of drug-likeness (QED) is 0.112. The van der Waals surface area contributed by atoms with Gasteiger partial charge in [-0.1, -0.05) is 35.9 Å². The molecular weight excluding hydrogens is 581 g/mol. The average Bonchev–Trinajstić information content (AvgIpc) is 3.50. The number of carbonyl (C=O) groups excluding carboxylic acids is 1. The number of ether oxygens (including phenoxy) is 1. The van der Waals surface area contributed by atoms with Crippen LogP contribution in [0.25, 0.3) is 28.3 Å². The summed E-state index contributed by atoms with van der Waals surface area (Å²) in [5.41, 5.74) is 9.84. The van der Waals surface area contributed by atoms with Crippen molar-refractivity contribution >= 4 is 57.4 Å². The van der Waals surface area contributed by atoms with Crippen LogP contribution in [0.2, 0.25) is 5.02 Å². The van der Waals surface area contributed by atoms with Gasteiger partial charge in [-0.05, 0) is 84.4 Å². The molecule has 0 aliphatic carbocycles. The number of halogens is 2. The Bertz CT molecular complexity index is 2010. The number of carbonyl (C=O) groups is 1. The van der Waals surface area contributed by atoms with Gasteiger partial charge in [0.2, 0.25) is 5.91 Å². The molecule has 0 bridgehead atoms. The molecule has 0 aliphatic heterocycles. The molecule has 4 N–H and O–H groups in total. The van der Waals surface area contributed by atoms with Crippen molar-refractivity contribution in [3.05, 3.63) is 132 Å². The minimum absolute atomic E-state index is 0.184. The Kier molecular flexibility index (Phi) is 8.20. The number of furan rings is 1. The highest BCUT2D eigenvalue weighted by atomic mass is 35.5. The molecule has 0 atom stereocenters. The van der Waals surface area contributed by atoms with E-state index in [1.54, 1.807) is 60.7 Å². The highest BCUT2D eigenvalue weighted by Gasteiger charge is 2.11. The number of hydrogen-bond acceptors (Lipinski definition) is 7. The van der Waals surface area contributed by atoms with E-state index >= 15 is 0 Å². The average molecular weight is 606 g/mol. The Labute approximate surface area is 257 Å². The van der Waals surface area contributed by atoms with Crippen molar-refractivity contribution in [2.45, 2.75) is 6.61 Å². The first-order chi connectivity index (χ1) is 21.4. The number of hydrogen-bond donors (Lipinski definition) is 3. The highest BCUT2D eigenvalue weighted by Crippen LogP contribution is 2.33. The molecule has 0 aliphatic rings. The third-order valence-electron chi connectivity index (χ3n) is 6.64. The van der Waals surface area contributed by atoms with Crippen molar-refractivity contribution in [2.24, 2.45) is 0 Å². The Morgan fingerprint density at radius 3 is 2.70 bits per heavy atom. The molecule has 10 heteroatoms. The van der Waals surface area contributed by atoms with E-state index in [1.807, 2.05) is 30.3 Å². The molecule has 2 aromatic heterocycles. The summed E-state index contributed by atoms with van der Waals surface area (Å²) in [7, 11) is 0. The van der Waals surface area contributed by atoms with Gasteiger partial charge in [0, 0.05) is 22.7 Å². The van der Waals surface area contributed by atoms with Gasteiger partial charge in [0.1, 0.15) is 41.8 Å². The summed E-state index contributed by atoms with van der Waals surface area (Å²) in [6, 6.07) is 27.8. The van der Waals surface area contributed by atoms with Gasteiger partial charge in [0.25, 0.3) is 0 Å². The maximum Gasteiger partial charge on any atom is 0.248 e. The van der Waals surface area contributed by atoms with Crippen molar-refractivity contribution in [2.75, 3.05) is 16.4 Å². The molecule has 0 fully saturated rings. The number of aromatic nitrogens is 2. The van der Waals surface area contributed by atoms with Crippen LogP contribution in [0.5, 0.6) is 5.75 Å². The van der Waals surface area contributed by atoms with E-state index in [2.05, 4.69) is 20.6 Å². The zero-order valence-corrected chi connectivity index (χ0v) is 23.9. The number of rotatable bonds is 9. The summed E-state index contributed by atoms with van der Waals surface area (Å²) < 4.78 is 25.2. The molecule has 0 unspecified atom stereocenters. The molecule has 0 spiro atoms. The van der Waals surface area contributed by atoms with E-state index < -0.39 is 0 Å². The largest absolute Gasteiger partial charge is 0.487 e. The first kappa shape index (κ1) is 28.4. The highest BCUT2D eigenvalue weighted by molar-refractivity contribution is 6.32. The summed E-state index contributed by atoms with van der Waals surface area (Å²) in [6.07, 6.45) is 4.45. The van der Waals surface area contributed by atoms with Crippen molar-refractivity contribution < 1.29 is 18.3 Å². The SMILES string of the molecule is Nc1ccccc1NC(=O)C=Cc1ccc(-c2ccc3ncnc(Nc4ccc(OCc5cccc(F)c5)c(Cl)c4)c3c2)o1. The van der Waals surface area contributed by atoms with E-state index in [0.717, 1.165) is 16.5 Å². The lowest BCUT2D eigenvalue weighted by Crippen LogP contribution is -2.09. The molecule has 6 rings (SSSR count). The minimum Gasteiger partial charge on any atom is -0.487 e. The van der Waals surface area contributed by atoms with Gasteiger partial charge in [-0.2, -0.15) is 0 Å². The second-order valence-electron chi connectivity index (χ2n) is 9.75. The van der Waals surface area contributed by atoms with Crippen LogP contribution in [-0.2, 0) is 11.4 Å². The summed E-state index contributed by atoms with van der Waals surface area (Å²) >= 11 is 6.49. The maximum absolute atomic E-state index is 13.5. The molecule has 1 amide bonds. The van der Waals surface area contributed by atoms with E-state index in [1.165, 1.54) is 24.5 Å². The second-order valence-corrected chi connectivity index (χ2v) is 10.2. The molecular formula is C34H25ClFN5O3. The molecule has 0 saturated heterocycles. The zero-order valence-electron chi connectivity index (χ0n) is 23.1. The molecule has 0 radical (unpaired) electrons. The third-order valence-corrected chi connectivity index (χ3v) is 6.94. The summed E-state index contributed by atoms with van der Waals surface area (Å²) in [5.74, 6) is 1.51. The third kappa shape index (κ3) is 6.69. The Hall–Kier alpha value is -5.67. The number of nitrogens with one attached hydrogen (secondary N) is 2. The number of nitrogens with two attached hydrogens (primary N) is 1. The van der Waals surface area contributed by atoms with Gasteiger partial charge in [-0.15, -0.1) is 0 Å². The Morgan fingerprint density at radius 2 is 1.86 bits per heavy atom. The van der Waals surface area contributed by atoms with E-state index in [4.69, 9.17) is 26.5 Å². The van der Waals surface area contributed by atoms with Crippen molar-refractivity contribution in [1.29, 1.82) is 0 Å². The van der Waals surface area contributed by atoms with Crippen molar-refractivity contribution in [3.63, 3.8) is 0 Å². The smallest absolute Gasteiger partial charge is 0.248 e. The van der Waals surface area contributed by atoms with Crippen LogP contribution in [0.1, 0.15) is 11.3 Å². The van der Waals surface area contributed by atoms with Crippen LogP contribution < -0.4 is 21.1 Å². The van der Waals surface area contributed by atoms with Gasteiger partial charge in [-0.3, -0.25) is 4.79 Å². The number of benzene rings is 4. The summed E-state index contributed by atoms with van der Waals surface area (Å²) in [6.45, 7) is 0.184. The van der Waals surface area contributed by atoms with Crippen LogP contribution in [0, 0.1) is 5.82 Å². The molecule has 218 valence electrons. The number of nitrogens with zero attached hydrogens (tertiary/aromatic N) is 2. The number of anilines is 4. The monoisotopic (exact) mass is 605 g/mol. The summed E-state index contributed by atoms with van der Waals surface area (Å²) in [5, 5.41) is 7.20. The van der Waals surface area contributed by atoms with Crippen molar-refractivity contribution in [1.82, 2.24) is 9.97 Å². The maximum atomic E-state index is 13.5. The Morgan fingerprint density at radius 1 is 0.977 bits per heavy atom. The van der Waals surface area contributed by atoms with E-state index in [9.17, 15) is 9.18 Å². The lowest BCUT2D eigenvalue weighted by molar-refractivity contribution is -0.111. The van der Waals surface area contributed by atoms with Crippen LogP contribution in [0.3, 0.4) is 0 Å². The topological polar surface area (TPSA) is 115 Å². The van der Waals surface area contributed by atoms with Crippen LogP contribution in [0.4, 0.5) is 27.3 Å². The molecule has 2 heterocycles. The zero-order chi connectivity index (χ0) is 30.5. The fourth-order valence-electron chi connectivity index (χ4n) is 4.47. The van der Waals surface area contributed by atoms with E-state index in [-0.39, 0.29) is 18.3 Å². The standard InChI is InChI=1S/C34H25ClFN5O3/c35-27-18-24(9-13-32(27)43-19-21-4-3-5-23(36)16-21)40-34-26-17-22(8-12-29(26)38-20-39-34)31-14-10-25(44-31)11-15-33(42)41-30-7-2-1-6-28(30)37/h1-18,20H,19,37H2,(H,41,42)(H,38,39,40). The van der Waals surface area contributed by atoms with Gasteiger partial charge in [0.15, 0.2) is 0 Å². The molecule has 4 aromatic carbocycles. The van der Waals surface area contributed by atoms with E-state index in [0.29, 0.717) is 50.7 Å². The van der Waals surface area contributed by atoms with Gasteiger partial charge in [0.05, 0.1) is 21.9 Å². The fraction of sp³-hybridized carbons (Fsp3) is 0.0294. The number of amides is 1. The lowest BCUT2D eigenvalue weighted by atomic mass is 10.1. The normalized spacial score (nSPS) is 11.1. The molecule has 6 aromatic rings. The van der Waals surface area contributed by atoms with Crippen LogP contribution in [-0.4, -0.2) is 15.9 Å². The van der Waals surface area contributed by atoms with Gasteiger partial charge < -0.3 is 25.5 Å². The molecule has 44 heavy (non-hydrogen) atoms. The number of nitrogen functional groups attached to an aromatic ring is 1. The predicted octanol–water partition coefficient (Wildman–Crippen LogP) is 8.24. The predicted molar refractivity (Wildman–Crippen MR) is 171 cm³/mol. The molecule has 8 nitrogen and oxygen atoms in total. The van der Waals surface area contributed by atoms with Crippen molar-refractivity contribution in [3.8, 4) is 17.1 Å². The van der Waals surface area contributed by atoms with Gasteiger partial charge >= 0.3 is 0 Å². The molecule has 0 saturated carbocycles. The summed E-state index contributed by atoms with van der Waals surface area (Å²) in [4.78, 5) is 21.2. The van der Waals surface area contributed by atoms with Gasteiger partial charge in [-0.25, -0.2) is 14.4 Å². The number of para-hydroxylation sites is 2. The first-order valence-corrected chi connectivity index (χ1v) is 13.9. The second kappa shape index (κ2) is 12.7. The van der Waals surface area contributed by atoms with Crippen LogP contribution >= 0.6 is 11.6 Å².